The summed E-state index contributed by atoms with van der Waals surface area (Å²) in [4.78, 5) is 50.2. The number of carbonyl (C=O) groups excluding carboxylic acids is 3. The number of amides is 1. The summed E-state index contributed by atoms with van der Waals surface area (Å²) in [6.45, 7) is 2.00. The quantitative estimate of drug-likeness (QED) is 0.189. The van der Waals surface area contributed by atoms with Crippen molar-refractivity contribution in [2.75, 3.05) is 44.6 Å². The number of carbonyl (C=O) groups is 3. The van der Waals surface area contributed by atoms with E-state index < -0.39 is 58.0 Å². The van der Waals surface area contributed by atoms with E-state index in [4.69, 9.17) is 28.8 Å². The molecule has 1 fully saturated rings. The summed E-state index contributed by atoms with van der Waals surface area (Å²) in [5.74, 6) is -5.93. The number of hydrogen-bond donors (Lipinski definition) is 7. The van der Waals surface area contributed by atoms with Crippen LogP contribution in [0, 0.1) is 11.8 Å². The number of fused-ring (bicyclic) bond motifs is 3. The largest absolute Gasteiger partial charge is 0.508 e. The van der Waals surface area contributed by atoms with Crippen molar-refractivity contribution in [3.63, 3.8) is 0 Å². The number of anilines is 3. The van der Waals surface area contributed by atoms with Crippen molar-refractivity contribution in [2.45, 2.75) is 37.8 Å². The van der Waals surface area contributed by atoms with E-state index in [1.807, 2.05) is 50.2 Å². The monoisotopic (exact) mass is 705 g/mol. The zero-order chi connectivity index (χ0) is 37.0. The molecule has 1 heterocycles. The minimum atomic E-state index is -2.63. The lowest BCUT2D eigenvalue weighted by molar-refractivity contribution is -0.153. The number of Topliss-reactive ketones (excluding diaryl/α,β-unsaturated/α-hetero) is 2. The van der Waals surface area contributed by atoms with Crippen LogP contribution in [0.5, 0.6) is 5.75 Å². The molecule has 0 unspecified atom stereocenters. The Morgan fingerprint density at radius 3 is 2.20 bits per heavy atom. The number of halogens is 1. The fourth-order valence-corrected chi connectivity index (χ4v) is 7.51. The lowest BCUT2D eigenvalue weighted by Crippen LogP contribution is -2.65. The molecule has 0 bridgehead atoms. The fraction of sp³-hybridized carbons (Fsp3) is 0.343. The number of phenolic OH excluding ortho intramolecular Hbond substituents is 1. The number of benzene rings is 2. The Morgan fingerprint density at radius 1 is 1.00 bits per heavy atom. The number of ketones is 2. The van der Waals surface area contributed by atoms with Crippen LogP contribution in [0.2, 0.25) is 5.02 Å². The second-order valence-electron chi connectivity index (χ2n) is 13.0. The molecule has 0 spiro atoms. The van der Waals surface area contributed by atoms with Gasteiger partial charge in [-0.1, -0.05) is 30.7 Å². The first-order chi connectivity index (χ1) is 23.4. The molecule has 3 aromatic rings. The number of hydrogen-bond acceptors (Lipinski definition) is 13. The minimum absolute atomic E-state index is 0.0638. The van der Waals surface area contributed by atoms with Crippen molar-refractivity contribution < 1.29 is 34.8 Å². The topological polar surface area (TPSA) is 242 Å². The number of likely N-dealkylation sites (N-methyl/N-ethyl adjacent to an activating group) is 1. The molecule has 4 atom stereocenters. The molecule has 6 rings (SSSR count). The highest BCUT2D eigenvalue weighted by Gasteiger charge is 2.64. The maximum Gasteiger partial charge on any atom is 0.255 e. The number of aromatic hydroxyl groups is 1. The smallest absolute Gasteiger partial charge is 0.255 e. The molecule has 14 nitrogen and oxygen atoms in total. The van der Waals surface area contributed by atoms with Gasteiger partial charge in [-0.05, 0) is 74.7 Å². The second kappa shape index (κ2) is 13.3. The van der Waals surface area contributed by atoms with Crippen molar-refractivity contribution in [1.82, 2.24) is 14.9 Å². The minimum Gasteiger partial charge on any atom is -0.508 e. The summed E-state index contributed by atoms with van der Waals surface area (Å²) in [5, 5.41) is 44.6. The van der Waals surface area contributed by atoms with Crippen molar-refractivity contribution in [1.29, 1.82) is 0 Å². The van der Waals surface area contributed by atoms with E-state index in [-0.39, 0.29) is 35.7 Å². The molecular weight excluding hydrogens is 666 g/mol. The summed E-state index contributed by atoms with van der Waals surface area (Å²) in [5.41, 5.74) is 17.3. The van der Waals surface area contributed by atoms with Gasteiger partial charge in [-0.3, -0.25) is 19.3 Å². The molecule has 50 heavy (non-hydrogen) atoms. The van der Waals surface area contributed by atoms with Crippen LogP contribution < -0.4 is 22.1 Å². The number of aliphatic hydroxyl groups is 3. The molecule has 10 N–H and O–H groups in total. The predicted octanol–water partition coefficient (Wildman–Crippen LogP) is 2.55. The van der Waals surface area contributed by atoms with Crippen molar-refractivity contribution >= 4 is 52.3 Å². The molecule has 3 aliphatic rings. The molecule has 0 aliphatic heterocycles. The molecule has 0 radical (unpaired) electrons. The number of nitrogen functional groups attached to an aromatic ring is 2. The van der Waals surface area contributed by atoms with Crippen LogP contribution in [0.15, 0.2) is 53.3 Å². The summed E-state index contributed by atoms with van der Waals surface area (Å²) in [7, 11) is 6.75. The van der Waals surface area contributed by atoms with Crippen LogP contribution in [-0.4, -0.2) is 92.6 Å². The highest BCUT2D eigenvalue weighted by atomic mass is 35.5. The second-order valence-corrected chi connectivity index (χ2v) is 13.4. The maximum atomic E-state index is 13.7. The van der Waals surface area contributed by atoms with Gasteiger partial charge in [0.15, 0.2) is 11.4 Å². The normalized spacial score (nSPS) is 22.8. The molecule has 2 aromatic carbocycles. The van der Waals surface area contributed by atoms with Crippen LogP contribution >= 0.6 is 11.6 Å². The number of nitrogens with two attached hydrogens (primary N) is 3. The van der Waals surface area contributed by atoms with Gasteiger partial charge in [0.1, 0.15) is 28.7 Å². The van der Waals surface area contributed by atoms with Gasteiger partial charge in [0, 0.05) is 41.9 Å². The Kier molecular flexibility index (Phi) is 9.58. The van der Waals surface area contributed by atoms with Gasteiger partial charge < -0.3 is 42.5 Å². The molecule has 1 amide bonds. The van der Waals surface area contributed by atoms with E-state index in [1.165, 1.54) is 11.0 Å². The van der Waals surface area contributed by atoms with Crippen molar-refractivity contribution in [3.8, 4) is 16.9 Å². The van der Waals surface area contributed by atoms with E-state index in [0.717, 1.165) is 28.9 Å². The van der Waals surface area contributed by atoms with Crippen LogP contribution in [0.4, 0.5) is 17.5 Å². The molecule has 3 aliphatic carbocycles. The number of nitrogens with zero attached hydrogens (tertiary/aromatic N) is 4. The van der Waals surface area contributed by atoms with E-state index >= 15 is 0 Å². The van der Waals surface area contributed by atoms with E-state index in [9.17, 15) is 34.8 Å². The van der Waals surface area contributed by atoms with Crippen molar-refractivity contribution in [3.05, 3.63) is 75.1 Å². The van der Waals surface area contributed by atoms with Crippen LogP contribution in [0.3, 0.4) is 0 Å². The zero-order valence-electron chi connectivity index (χ0n) is 28.2. The predicted molar refractivity (Wildman–Crippen MR) is 189 cm³/mol. The SMILES string of the molecule is CCc1nc(N)nc(N)c1-c1ccc(Cl)cc1.CN(C)c1ccc(O)c2c1C[C@H]1C[C@H]3[C@H](N(C)C)C(=O)C(C(N)=O)=C(O)[C@@]3(O)C(=O)C1=C2O. The van der Waals surface area contributed by atoms with Gasteiger partial charge in [-0.25, -0.2) is 4.98 Å². The third-order valence-corrected chi connectivity index (χ3v) is 9.81. The third kappa shape index (κ3) is 5.78. The zero-order valence-corrected chi connectivity index (χ0v) is 29.0. The Morgan fingerprint density at radius 2 is 1.64 bits per heavy atom. The van der Waals surface area contributed by atoms with Crippen LogP contribution in [0.25, 0.3) is 16.9 Å². The molecule has 15 heteroatoms. The Bertz CT molecular complexity index is 1980. The van der Waals surface area contributed by atoms with Gasteiger partial charge in [-0.2, -0.15) is 4.98 Å². The molecule has 1 saturated carbocycles. The number of rotatable bonds is 5. The summed E-state index contributed by atoms with van der Waals surface area (Å²) in [6, 6.07) is 9.42. The van der Waals surface area contributed by atoms with Crippen LogP contribution in [-0.2, 0) is 27.2 Å². The summed E-state index contributed by atoms with van der Waals surface area (Å²) < 4.78 is 0. The highest BCUT2D eigenvalue weighted by molar-refractivity contribution is 6.30. The number of aromatic nitrogens is 2. The summed E-state index contributed by atoms with van der Waals surface area (Å²) >= 11 is 5.86. The average molecular weight is 706 g/mol. The number of phenols is 1. The highest BCUT2D eigenvalue weighted by Crippen LogP contribution is 2.53. The average Bonchev–Trinajstić information content (AvgIpc) is 3.03. The van der Waals surface area contributed by atoms with E-state index in [0.29, 0.717) is 16.4 Å². The number of aryl methyl sites for hydroxylation is 1. The molecule has 0 saturated heterocycles. The lowest BCUT2D eigenvalue weighted by atomic mass is 9.57. The number of primary amides is 1. The van der Waals surface area contributed by atoms with Gasteiger partial charge >= 0.3 is 0 Å². The standard InChI is InChI=1S/C23H27N3O7.C12H13ClN4/c1-25(2)12-5-6-13(27)15-10(12)7-9-8-11-17(26(3)4)19(29)16(22(24)32)21(31)23(11,33)20(30)14(9)18(15)28;1-2-9-10(11(14)17-12(15)16-9)7-3-5-8(13)6-4-7/h5-6,9,11,17,27-28,31,33H,7-8H2,1-4H3,(H2,24,32);3-6H,2H2,1H3,(H4,14,15,16,17)/t9-,11-,17-,23-;/m0./s1. The van der Waals surface area contributed by atoms with Gasteiger partial charge in [0.25, 0.3) is 5.91 Å². The van der Waals surface area contributed by atoms with Crippen LogP contribution in [0.1, 0.15) is 30.2 Å². The fourth-order valence-electron chi connectivity index (χ4n) is 7.38. The van der Waals surface area contributed by atoms with Gasteiger partial charge in [-0.15, -0.1) is 0 Å². The molecule has 264 valence electrons. The lowest BCUT2D eigenvalue weighted by Gasteiger charge is -2.50. The number of aliphatic hydroxyl groups excluding tert-OH is 2. The Labute approximate surface area is 293 Å². The molecule has 1 aromatic heterocycles. The maximum absolute atomic E-state index is 13.7. The third-order valence-electron chi connectivity index (χ3n) is 9.56. The Hall–Kier alpha value is -5.18. The first-order valence-electron chi connectivity index (χ1n) is 15.8. The van der Waals surface area contributed by atoms with E-state index in [1.54, 1.807) is 20.2 Å². The first kappa shape index (κ1) is 36.1. The summed E-state index contributed by atoms with van der Waals surface area (Å²) in [6.07, 6.45) is 1.07. The Balaban J connectivity index is 0.000000240. The van der Waals surface area contributed by atoms with Gasteiger partial charge in [0.2, 0.25) is 11.7 Å². The van der Waals surface area contributed by atoms with E-state index in [2.05, 4.69) is 9.97 Å². The first-order valence-corrected chi connectivity index (χ1v) is 16.2. The van der Waals surface area contributed by atoms with Gasteiger partial charge in [0.05, 0.1) is 17.3 Å². The van der Waals surface area contributed by atoms with Crippen molar-refractivity contribution in [2.24, 2.45) is 17.6 Å². The molecular formula is C35H40ClN7O7.